The molecule has 2 aliphatic heterocycles. The minimum absolute atomic E-state index is 0.282. The number of rotatable bonds is 3. The van der Waals surface area contributed by atoms with Crippen molar-refractivity contribution in [3.05, 3.63) is 28.8 Å². The van der Waals surface area contributed by atoms with Gasteiger partial charge in [0.25, 0.3) is 0 Å². The van der Waals surface area contributed by atoms with Crippen LogP contribution >= 0.6 is 11.6 Å². The molecule has 1 aromatic carbocycles. The van der Waals surface area contributed by atoms with Crippen LogP contribution in [0.1, 0.15) is 18.4 Å². The van der Waals surface area contributed by atoms with Gasteiger partial charge in [-0.05, 0) is 50.6 Å². The van der Waals surface area contributed by atoms with Crippen LogP contribution in [0.4, 0.5) is 5.69 Å². The zero-order valence-electron chi connectivity index (χ0n) is 13.2. The predicted molar refractivity (Wildman–Crippen MR) is 90.7 cm³/mol. The fourth-order valence-corrected chi connectivity index (χ4v) is 3.52. The highest BCUT2D eigenvalue weighted by atomic mass is 35.5. The van der Waals surface area contributed by atoms with Crippen LogP contribution in [0.3, 0.4) is 0 Å². The van der Waals surface area contributed by atoms with Crippen molar-refractivity contribution in [1.82, 2.24) is 9.80 Å². The number of hydrogen-bond acceptors (Lipinski definition) is 3. The minimum atomic E-state index is 0.282. The third kappa shape index (κ3) is 3.55. The van der Waals surface area contributed by atoms with Crippen molar-refractivity contribution in [3.8, 4) is 0 Å². The molecule has 2 aliphatic rings. The lowest BCUT2D eigenvalue weighted by atomic mass is 10.1. The molecule has 0 saturated carbocycles. The van der Waals surface area contributed by atoms with Crippen LogP contribution in [0.5, 0.6) is 0 Å². The Labute approximate surface area is 137 Å². The second-order valence-electron chi connectivity index (χ2n) is 6.28. The Morgan fingerprint density at radius 3 is 2.45 bits per heavy atom. The highest BCUT2D eigenvalue weighted by molar-refractivity contribution is 6.30. The second-order valence-corrected chi connectivity index (χ2v) is 6.72. The maximum Gasteiger partial charge on any atom is 0.236 e. The molecule has 120 valence electrons. The van der Waals surface area contributed by atoms with Crippen molar-refractivity contribution in [2.75, 3.05) is 50.7 Å². The molecular weight excluding hydrogens is 298 g/mol. The predicted octanol–water partition coefficient (Wildman–Crippen LogP) is 2.39. The molecule has 0 radical (unpaired) electrons. The lowest BCUT2D eigenvalue weighted by Gasteiger charge is -2.37. The topological polar surface area (TPSA) is 26.8 Å². The van der Waals surface area contributed by atoms with E-state index < -0.39 is 0 Å². The standard InChI is InChI=1S/C17H24ClN3O/c1-14-4-5-15(18)12-16(14)20-8-10-21(11-9-20)17(22)13-19-6-2-3-7-19/h4-5,12H,2-3,6-11,13H2,1H3. The molecule has 0 aliphatic carbocycles. The molecule has 22 heavy (non-hydrogen) atoms. The number of piperazine rings is 1. The first kappa shape index (κ1) is 15.6. The Morgan fingerprint density at radius 2 is 1.77 bits per heavy atom. The number of nitrogens with zero attached hydrogens (tertiary/aromatic N) is 3. The first-order valence-corrected chi connectivity index (χ1v) is 8.52. The van der Waals surface area contributed by atoms with Gasteiger partial charge in [0.05, 0.1) is 6.54 Å². The summed E-state index contributed by atoms with van der Waals surface area (Å²) < 4.78 is 0. The minimum Gasteiger partial charge on any atom is -0.368 e. The Balaban J connectivity index is 1.55. The van der Waals surface area contributed by atoms with Crippen molar-refractivity contribution >= 4 is 23.2 Å². The van der Waals surface area contributed by atoms with E-state index >= 15 is 0 Å². The Hall–Kier alpha value is -1.26. The summed E-state index contributed by atoms with van der Waals surface area (Å²) in [5.74, 6) is 0.282. The lowest BCUT2D eigenvalue weighted by Crippen LogP contribution is -2.51. The van der Waals surface area contributed by atoms with Crippen molar-refractivity contribution in [1.29, 1.82) is 0 Å². The number of aryl methyl sites for hydroxylation is 1. The van der Waals surface area contributed by atoms with Gasteiger partial charge in [-0.1, -0.05) is 17.7 Å². The van der Waals surface area contributed by atoms with Gasteiger partial charge in [0.1, 0.15) is 0 Å². The van der Waals surface area contributed by atoms with Gasteiger partial charge < -0.3 is 9.80 Å². The van der Waals surface area contributed by atoms with Crippen LogP contribution in [-0.2, 0) is 4.79 Å². The summed E-state index contributed by atoms with van der Waals surface area (Å²) in [7, 11) is 0. The molecule has 4 nitrogen and oxygen atoms in total. The number of carbonyl (C=O) groups excluding carboxylic acids is 1. The zero-order valence-corrected chi connectivity index (χ0v) is 14.0. The van der Waals surface area contributed by atoms with Crippen molar-refractivity contribution in [2.24, 2.45) is 0 Å². The second kappa shape index (κ2) is 6.88. The van der Waals surface area contributed by atoms with Crippen LogP contribution in [0, 0.1) is 6.92 Å². The molecule has 0 spiro atoms. The third-order valence-electron chi connectivity index (χ3n) is 4.70. The van der Waals surface area contributed by atoms with E-state index in [0.29, 0.717) is 6.54 Å². The SMILES string of the molecule is Cc1ccc(Cl)cc1N1CCN(C(=O)CN2CCCC2)CC1. The summed E-state index contributed by atoms with van der Waals surface area (Å²) in [5, 5.41) is 0.771. The summed E-state index contributed by atoms with van der Waals surface area (Å²) >= 11 is 6.11. The number of likely N-dealkylation sites (tertiary alicyclic amines) is 1. The third-order valence-corrected chi connectivity index (χ3v) is 4.94. The van der Waals surface area contributed by atoms with E-state index in [1.165, 1.54) is 24.1 Å². The van der Waals surface area contributed by atoms with E-state index in [2.05, 4.69) is 22.8 Å². The molecule has 0 aromatic heterocycles. The van der Waals surface area contributed by atoms with E-state index in [1.807, 2.05) is 17.0 Å². The maximum atomic E-state index is 12.4. The highest BCUT2D eigenvalue weighted by Crippen LogP contribution is 2.25. The zero-order chi connectivity index (χ0) is 15.5. The molecule has 1 amide bonds. The first-order chi connectivity index (χ1) is 10.6. The van der Waals surface area contributed by atoms with Gasteiger partial charge in [-0.3, -0.25) is 9.69 Å². The molecule has 2 heterocycles. The summed E-state index contributed by atoms with van der Waals surface area (Å²) in [6, 6.07) is 6.01. The molecule has 0 bridgehead atoms. The normalized spacial score (nSPS) is 19.7. The van der Waals surface area contributed by atoms with E-state index in [9.17, 15) is 4.79 Å². The van der Waals surface area contributed by atoms with Gasteiger partial charge in [0.15, 0.2) is 0 Å². The van der Waals surface area contributed by atoms with Crippen molar-refractivity contribution in [2.45, 2.75) is 19.8 Å². The Morgan fingerprint density at radius 1 is 1.09 bits per heavy atom. The first-order valence-electron chi connectivity index (χ1n) is 8.15. The van der Waals surface area contributed by atoms with Gasteiger partial charge in [-0.15, -0.1) is 0 Å². The molecule has 2 saturated heterocycles. The monoisotopic (exact) mass is 321 g/mol. The average molecular weight is 322 g/mol. The van der Waals surface area contributed by atoms with Gasteiger partial charge in [-0.2, -0.15) is 0 Å². The average Bonchev–Trinajstić information content (AvgIpc) is 3.03. The molecule has 2 fully saturated rings. The van der Waals surface area contributed by atoms with Crippen LogP contribution in [-0.4, -0.2) is 61.5 Å². The molecule has 3 rings (SSSR count). The Kier molecular flexibility index (Phi) is 4.89. The highest BCUT2D eigenvalue weighted by Gasteiger charge is 2.24. The fourth-order valence-electron chi connectivity index (χ4n) is 3.35. The fraction of sp³-hybridized carbons (Fsp3) is 0.588. The Bertz CT molecular complexity index is 535. The summed E-state index contributed by atoms with van der Waals surface area (Å²) in [6.45, 7) is 8.23. The largest absolute Gasteiger partial charge is 0.368 e. The molecular formula is C17H24ClN3O. The number of hydrogen-bond donors (Lipinski definition) is 0. The summed E-state index contributed by atoms with van der Waals surface area (Å²) in [4.78, 5) is 19.0. The maximum absolute atomic E-state index is 12.4. The van der Waals surface area contributed by atoms with Crippen molar-refractivity contribution < 1.29 is 4.79 Å². The van der Waals surface area contributed by atoms with Crippen molar-refractivity contribution in [3.63, 3.8) is 0 Å². The van der Waals surface area contributed by atoms with E-state index in [4.69, 9.17) is 11.6 Å². The van der Waals surface area contributed by atoms with E-state index in [0.717, 1.165) is 44.3 Å². The molecule has 0 N–H and O–H groups in total. The summed E-state index contributed by atoms with van der Waals surface area (Å²) in [6.07, 6.45) is 2.46. The summed E-state index contributed by atoms with van der Waals surface area (Å²) in [5.41, 5.74) is 2.43. The molecule has 1 aromatic rings. The smallest absolute Gasteiger partial charge is 0.236 e. The van der Waals surface area contributed by atoms with Crippen LogP contribution in [0.2, 0.25) is 5.02 Å². The van der Waals surface area contributed by atoms with Gasteiger partial charge in [-0.25, -0.2) is 0 Å². The number of amides is 1. The van der Waals surface area contributed by atoms with Crippen LogP contribution in [0.15, 0.2) is 18.2 Å². The lowest BCUT2D eigenvalue weighted by molar-refractivity contribution is -0.132. The number of benzene rings is 1. The number of anilines is 1. The van der Waals surface area contributed by atoms with E-state index in [1.54, 1.807) is 0 Å². The van der Waals surface area contributed by atoms with Crippen LogP contribution in [0.25, 0.3) is 0 Å². The number of halogens is 1. The molecule has 5 heteroatoms. The van der Waals surface area contributed by atoms with Gasteiger partial charge in [0.2, 0.25) is 5.91 Å². The molecule has 0 atom stereocenters. The van der Waals surface area contributed by atoms with E-state index in [-0.39, 0.29) is 5.91 Å². The van der Waals surface area contributed by atoms with Gasteiger partial charge >= 0.3 is 0 Å². The quantitative estimate of drug-likeness (QED) is 0.855. The molecule has 0 unspecified atom stereocenters. The van der Waals surface area contributed by atoms with Crippen LogP contribution < -0.4 is 4.90 Å². The number of carbonyl (C=O) groups is 1. The van der Waals surface area contributed by atoms with Gasteiger partial charge in [0, 0.05) is 36.9 Å².